The maximum absolute atomic E-state index is 14.2. The Hall–Kier alpha value is -4.62. The Labute approximate surface area is 232 Å². The minimum Gasteiger partial charge on any atom is -0.465 e. The summed E-state index contributed by atoms with van der Waals surface area (Å²) in [5.74, 6) is -1.39. The molecule has 1 atom stereocenters. The third-order valence-corrected chi connectivity index (χ3v) is 6.95. The Balaban J connectivity index is 1.44. The van der Waals surface area contributed by atoms with Crippen LogP contribution in [0.2, 0.25) is 0 Å². The summed E-state index contributed by atoms with van der Waals surface area (Å²) in [7, 11) is 0. The van der Waals surface area contributed by atoms with Gasteiger partial charge in [0.05, 0.1) is 18.3 Å². The maximum Gasteiger partial charge on any atom is 0.407 e. The monoisotopic (exact) mass is 571 g/mol. The number of imidazole rings is 1. The van der Waals surface area contributed by atoms with Gasteiger partial charge in [-0.2, -0.15) is 8.78 Å². The van der Waals surface area contributed by atoms with Crippen molar-refractivity contribution in [2.75, 3.05) is 24.5 Å². The lowest BCUT2D eigenvalue weighted by molar-refractivity contribution is 0.0344. The number of fused-ring (bicyclic) bond motifs is 1. The standard InChI is InChI=1S/C27H28F3N7O4/c1-27(2,3)20-15-35(9-10-36(20)26(39)40)25(38)37(19-6-4-5-17(28)12-19)14-18-13-34-8-7-16(11-21(34)31-18)23-32-33-24(41-23)22(29)30/h4-8,11-13,20,22H,9-10,14-15H2,1-3H3,(H,39,40). The van der Waals surface area contributed by atoms with E-state index < -0.39 is 41.7 Å². The van der Waals surface area contributed by atoms with Gasteiger partial charge >= 0.3 is 18.5 Å². The van der Waals surface area contributed by atoms with Gasteiger partial charge in [-0.15, -0.1) is 10.2 Å². The third-order valence-electron chi connectivity index (χ3n) is 6.95. The number of carbonyl (C=O) groups is 2. The summed E-state index contributed by atoms with van der Waals surface area (Å²) < 4.78 is 46.7. The van der Waals surface area contributed by atoms with E-state index >= 15 is 0 Å². The number of carbonyl (C=O) groups excluding carboxylic acids is 1. The quantitative estimate of drug-likeness (QED) is 0.345. The second kappa shape index (κ2) is 10.7. The van der Waals surface area contributed by atoms with Crippen LogP contribution in [0.25, 0.3) is 17.1 Å². The summed E-state index contributed by atoms with van der Waals surface area (Å²) in [6.45, 7) is 6.20. The molecule has 1 aliphatic rings. The van der Waals surface area contributed by atoms with E-state index in [2.05, 4.69) is 15.2 Å². The van der Waals surface area contributed by atoms with Crippen molar-refractivity contribution >= 4 is 23.5 Å². The molecule has 4 heterocycles. The van der Waals surface area contributed by atoms with Crippen LogP contribution in [0.1, 0.15) is 38.8 Å². The van der Waals surface area contributed by atoms with Crippen LogP contribution in [0.15, 0.2) is 53.2 Å². The number of anilines is 1. The van der Waals surface area contributed by atoms with Crippen LogP contribution in [-0.2, 0) is 6.54 Å². The van der Waals surface area contributed by atoms with E-state index in [0.717, 1.165) is 0 Å². The first kappa shape index (κ1) is 27.9. The zero-order valence-corrected chi connectivity index (χ0v) is 22.5. The molecule has 0 spiro atoms. The highest BCUT2D eigenvalue weighted by Crippen LogP contribution is 2.30. The van der Waals surface area contributed by atoms with E-state index in [1.807, 2.05) is 20.8 Å². The molecule has 0 radical (unpaired) electrons. The fraction of sp³-hybridized carbons (Fsp3) is 0.370. The molecular formula is C27H28F3N7O4. The normalized spacial score (nSPS) is 16.0. The van der Waals surface area contributed by atoms with Crippen molar-refractivity contribution in [2.45, 2.75) is 39.8 Å². The number of pyridine rings is 1. The summed E-state index contributed by atoms with van der Waals surface area (Å²) in [5.41, 5.74) is 1.16. The summed E-state index contributed by atoms with van der Waals surface area (Å²) in [4.78, 5) is 34.7. The number of amides is 3. The second-order valence-corrected chi connectivity index (χ2v) is 10.8. The molecule has 11 nitrogen and oxygen atoms in total. The van der Waals surface area contributed by atoms with E-state index in [9.17, 15) is 27.9 Å². The zero-order valence-electron chi connectivity index (χ0n) is 22.5. The van der Waals surface area contributed by atoms with Gasteiger partial charge < -0.3 is 23.7 Å². The number of aromatic nitrogens is 4. The van der Waals surface area contributed by atoms with Crippen molar-refractivity contribution < 1.29 is 32.3 Å². The van der Waals surface area contributed by atoms with Crippen molar-refractivity contribution in [3.05, 3.63) is 66.2 Å². The number of carboxylic acid groups (broad SMARTS) is 1. The molecule has 41 heavy (non-hydrogen) atoms. The predicted molar refractivity (Wildman–Crippen MR) is 141 cm³/mol. The largest absolute Gasteiger partial charge is 0.465 e. The summed E-state index contributed by atoms with van der Waals surface area (Å²) >= 11 is 0. The van der Waals surface area contributed by atoms with Gasteiger partial charge in [0.2, 0.25) is 5.89 Å². The molecule has 5 rings (SSSR count). The number of benzene rings is 1. The summed E-state index contributed by atoms with van der Waals surface area (Å²) in [6.07, 6.45) is -0.609. The van der Waals surface area contributed by atoms with Crippen molar-refractivity contribution in [3.63, 3.8) is 0 Å². The number of piperazine rings is 1. The van der Waals surface area contributed by atoms with E-state index in [0.29, 0.717) is 22.6 Å². The molecule has 216 valence electrons. The Bertz CT molecular complexity index is 1580. The van der Waals surface area contributed by atoms with Crippen molar-refractivity contribution in [1.29, 1.82) is 0 Å². The van der Waals surface area contributed by atoms with Gasteiger partial charge in [0, 0.05) is 43.3 Å². The first-order valence-electron chi connectivity index (χ1n) is 12.8. The van der Waals surface area contributed by atoms with Crippen molar-refractivity contribution in [3.8, 4) is 11.5 Å². The molecule has 1 saturated heterocycles. The first-order chi connectivity index (χ1) is 19.4. The van der Waals surface area contributed by atoms with E-state index in [1.165, 1.54) is 28.0 Å². The van der Waals surface area contributed by atoms with E-state index in [4.69, 9.17) is 4.42 Å². The Morgan fingerprint density at radius 2 is 1.95 bits per heavy atom. The average molecular weight is 572 g/mol. The lowest BCUT2D eigenvalue weighted by Crippen LogP contribution is -2.62. The van der Waals surface area contributed by atoms with Crippen LogP contribution < -0.4 is 4.90 Å². The lowest BCUT2D eigenvalue weighted by Gasteiger charge is -2.46. The molecule has 14 heteroatoms. The molecule has 1 N–H and O–H groups in total. The van der Waals surface area contributed by atoms with Crippen LogP contribution in [0, 0.1) is 11.2 Å². The smallest absolute Gasteiger partial charge is 0.407 e. The number of nitrogens with zero attached hydrogens (tertiary/aromatic N) is 7. The van der Waals surface area contributed by atoms with Gasteiger partial charge in [0.15, 0.2) is 0 Å². The number of urea groups is 1. The van der Waals surface area contributed by atoms with Gasteiger partial charge in [-0.05, 0) is 35.7 Å². The molecule has 0 saturated carbocycles. The Morgan fingerprint density at radius 3 is 2.61 bits per heavy atom. The van der Waals surface area contributed by atoms with E-state index in [1.54, 1.807) is 39.9 Å². The maximum atomic E-state index is 14.2. The van der Waals surface area contributed by atoms with Crippen LogP contribution in [-0.4, -0.2) is 72.3 Å². The van der Waals surface area contributed by atoms with Crippen molar-refractivity contribution in [2.24, 2.45) is 5.41 Å². The lowest BCUT2D eigenvalue weighted by atomic mass is 9.84. The molecule has 0 aliphatic carbocycles. The number of halogens is 3. The first-order valence-corrected chi connectivity index (χ1v) is 12.8. The highest BCUT2D eigenvalue weighted by Gasteiger charge is 2.40. The van der Waals surface area contributed by atoms with Gasteiger partial charge in [0.1, 0.15) is 11.5 Å². The second-order valence-electron chi connectivity index (χ2n) is 10.8. The molecule has 1 unspecified atom stereocenters. The molecule has 4 aromatic rings. The molecule has 1 fully saturated rings. The average Bonchev–Trinajstić information content (AvgIpc) is 3.57. The van der Waals surface area contributed by atoms with Crippen LogP contribution in [0.4, 0.5) is 28.4 Å². The fourth-order valence-electron chi connectivity index (χ4n) is 4.86. The minimum absolute atomic E-state index is 0.0191. The minimum atomic E-state index is -2.89. The fourth-order valence-corrected chi connectivity index (χ4v) is 4.86. The molecule has 0 bridgehead atoms. The highest BCUT2D eigenvalue weighted by atomic mass is 19.3. The van der Waals surface area contributed by atoms with Gasteiger partial charge in [0.25, 0.3) is 5.89 Å². The Kier molecular flexibility index (Phi) is 7.32. The number of alkyl halides is 2. The topological polar surface area (TPSA) is 120 Å². The van der Waals surface area contributed by atoms with Gasteiger partial charge in [-0.1, -0.05) is 26.8 Å². The number of hydrogen-bond acceptors (Lipinski definition) is 6. The number of hydrogen-bond donors (Lipinski definition) is 1. The third kappa shape index (κ3) is 5.81. The van der Waals surface area contributed by atoms with Crippen molar-refractivity contribution in [1.82, 2.24) is 29.4 Å². The van der Waals surface area contributed by atoms with Gasteiger partial charge in [-0.25, -0.2) is 19.0 Å². The van der Waals surface area contributed by atoms with Crippen LogP contribution >= 0.6 is 0 Å². The van der Waals surface area contributed by atoms with Crippen LogP contribution in [0.3, 0.4) is 0 Å². The SMILES string of the molecule is CC(C)(C)C1CN(C(=O)N(Cc2cn3ccc(-c4nnc(C(F)F)o4)cc3n2)c2cccc(F)c2)CCN1C(=O)O. The van der Waals surface area contributed by atoms with Gasteiger partial charge in [-0.3, -0.25) is 4.90 Å². The molecule has 3 amide bonds. The summed E-state index contributed by atoms with van der Waals surface area (Å²) in [6, 6.07) is 7.95. The zero-order chi connectivity index (χ0) is 29.5. The molecule has 3 aromatic heterocycles. The number of rotatable bonds is 5. The van der Waals surface area contributed by atoms with Crippen LogP contribution in [0.5, 0.6) is 0 Å². The predicted octanol–water partition coefficient (Wildman–Crippen LogP) is 5.30. The highest BCUT2D eigenvalue weighted by molar-refractivity contribution is 5.92. The Morgan fingerprint density at radius 1 is 1.17 bits per heavy atom. The van der Waals surface area contributed by atoms with E-state index in [-0.39, 0.29) is 32.1 Å². The molecule has 1 aliphatic heterocycles. The summed E-state index contributed by atoms with van der Waals surface area (Å²) in [5, 5.41) is 16.7. The molecular weight excluding hydrogens is 543 g/mol. The molecule has 1 aromatic carbocycles.